The summed E-state index contributed by atoms with van der Waals surface area (Å²) in [4.78, 5) is 123. The average molecular weight is 1070 g/mol. The molecule has 4 aliphatic rings. The van der Waals surface area contributed by atoms with E-state index in [1.165, 1.54) is 56.0 Å². The van der Waals surface area contributed by atoms with Gasteiger partial charge < -0.3 is 70.6 Å². The Balaban J connectivity index is 0.998. The van der Waals surface area contributed by atoms with Crippen LogP contribution >= 0.6 is 0 Å². The maximum atomic E-state index is 14.1. The Labute approximate surface area is 442 Å². The minimum absolute atomic E-state index is 0.0187. The third-order valence-corrected chi connectivity index (χ3v) is 14.7. The number of nitrogens with one attached hydrogen (secondary N) is 3. The van der Waals surface area contributed by atoms with Crippen molar-refractivity contribution in [3.05, 3.63) is 87.0 Å². The fraction of sp³-hybridized carbons (Fsp3) is 0.500. The van der Waals surface area contributed by atoms with Gasteiger partial charge in [-0.2, -0.15) is 0 Å². The lowest BCUT2D eigenvalue weighted by atomic mass is 9.72. The maximum absolute atomic E-state index is 14.1. The minimum atomic E-state index is -2.43. The fourth-order valence-corrected chi connectivity index (χ4v) is 10.7. The SMILES string of the molecule is COc1cccc2c1C(=O)c1c(O)c3c(c(O)c1C2=O)C[C@@](O)(C(=O)CO)C[C@@H]3OC1CC(NC(=O)[C@@H]2CCCN2C(=O)CNC(=O)[C@H](C)NC(=O)[C@H](CC(C)C)N(C)C(=O)Cc2cccc(CC(=O)O)c2)C(O)C(C)O1. The molecule has 2 aliphatic heterocycles. The number of aliphatic carboxylic acids is 1. The number of likely N-dealkylation sites (N-methyl/N-ethyl adjacent to an activating group) is 1. The zero-order valence-electron chi connectivity index (χ0n) is 43.5. The van der Waals surface area contributed by atoms with E-state index < -0.39 is 156 Å². The second kappa shape index (κ2) is 23.5. The molecule has 0 bridgehead atoms. The van der Waals surface area contributed by atoms with Crippen LogP contribution in [0.25, 0.3) is 0 Å². The van der Waals surface area contributed by atoms with Crippen molar-refractivity contribution < 1.29 is 88.0 Å². The van der Waals surface area contributed by atoms with E-state index in [-0.39, 0.29) is 72.6 Å². The summed E-state index contributed by atoms with van der Waals surface area (Å²) in [5, 5.41) is 73.6. The lowest BCUT2D eigenvalue weighted by Crippen LogP contribution is -2.59. The van der Waals surface area contributed by atoms with Crippen molar-refractivity contribution in [3.63, 3.8) is 0 Å². The molecule has 2 fully saturated rings. The normalized spacial score (nSPS) is 23.4. The van der Waals surface area contributed by atoms with Gasteiger partial charge in [-0.25, -0.2) is 0 Å². The number of rotatable bonds is 19. The zero-order valence-corrected chi connectivity index (χ0v) is 43.5. The summed E-state index contributed by atoms with van der Waals surface area (Å²) in [6.07, 6.45) is -6.45. The third-order valence-electron chi connectivity index (χ3n) is 14.7. The van der Waals surface area contributed by atoms with Gasteiger partial charge in [0.2, 0.25) is 35.3 Å². The summed E-state index contributed by atoms with van der Waals surface area (Å²) in [7, 11) is 2.75. The lowest BCUT2D eigenvalue weighted by molar-refractivity contribution is -0.249. The number of aliphatic hydroxyl groups is 3. The van der Waals surface area contributed by atoms with E-state index in [4.69, 9.17) is 14.2 Å². The van der Waals surface area contributed by atoms with Crippen molar-refractivity contribution in [3.8, 4) is 17.2 Å². The molecule has 7 rings (SSSR count). The summed E-state index contributed by atoms with van der Waals surface area (Å²) >= 11 is 0. The molecule has 0 spiro atoms. The van der Waals surface area contributed by atoms with E-state index in [0.29, 0.717) is 17.5 Å². The number of nitrogens with zero attached hydrogens (tertiary/aromatic N) is 2. The van der Waals surface area contributed by atoms with Gasteiger partial charge in [-0.15, -0.1) is 0 Å². The number of phenols is 2. The molecule has 23 nitrogen and oxygen atoms in total. The Morgan fingerprint density at radius 1 is 0.935 bits per heavy atom. The molecule has 3 aromatic rings. The van der Waals surface area contributed by atoms with Gasteiger partial charge in [0.25, 0.3) is 0 Å². The van der Waals surface area contributed by atoms with Crippen LogP contribution in [0.1, 0.15) is 120 Å². The van der Waals surface area contributed by atoms with Crippen molar-refractivity contribution in [2.45, 2.75) is 133 Å². The number of ketones is 3. The number of carbonyl (C=O) groups is 9. The van der Waals surface area contributed by atoms with Crippen LogP contribution in [0.4, 0.5) is 0 Å². The van der Waals surface area contributed by atoms with Gasteiger partial charge in [0, 0.05) is 49.5 Å². The number of carboxylic acid groups (broad SMARTS) is 1. The molecule has 5 amide bonds. The van der Waals surface area contributed by atoms with Crippen LogP contribution in [0.2, 0.25) is 0 Å². The Kier molecular flexibility index (Phi) is 17.5. The number of ether oxygens (including phenoxy) is 3. The van der Waals surface area contributed by atoms with Gasteiger partial charge in [-0.05, 0) is 56.2 Å². The number of benzene rings is 3. The third kappa shape index (κ3) is 12.0. The lowest BCUT2D eigenvalue weighted by Gasteiger charge is -2.43. The maximum Gasteiger partial charge on any atom is 0.307 e. The van der Waals surface area contributed by atoms with Crippen LogP contribution in [-0.4, -0.2) is 175 Å². The molecule has 23 heteroatoms. The van der Waals surface area contributed by atoms with Crippen molar-refractivity contribution in [1.29, 1.82) is 0 Å². The van der Waals surface area contributed by atoms with Gasteiger partial charge in [-0.3, -0.25) is 43.2 Å². The summed E-state index contributed by atoms with van der Waals surface area (Å²) in [5.74, 6) is -8.49. The van der Waals surface area contributed by atoms with Crippen LogP contribution in [-0.2, 0) is 62.3 Å². The summed E-state index contributed by atoms with van der Waals surface area (Å²) in [6, 6.07) is 6.50. The topological polar surface area (TPSA) is 345 Å². The first-order chi connectivity index (χ1) is 36.4. The Morgan fingerprint density at radius 2 is 1.61 bits per heavy atom. The van der Waals surface area contributed by atoms with Crippen molar-refractivity contribution in [2.24, 2.45) is 5.92 Å². The number of Topliss-reactive ketones (excluding diaryl/α,β-unsaturated/α-hetero) is 1. The van der Waals surface area contributed by atoms with Gasteiger partial charge in [0.05, 0.1) is 61.4 Å². The van der Waals surface area contributed by atoms with Crippen LogP contribution in [0.15, 0.2) is 42.5 Å². The van der Waals surface area contributed by atoms with Crippen molar-refractivity contribution in [2.75, 3.05) is 33.9 Å². The number of hydrogen-bond donors (Lipinski definition) is 9. The van der Waals surface area contributed by atoms with Crippen molar-refractivity contribution in [1.82, 2.24) is 25.8 Å². The number of fused-ring (bicyclic) bond motifs is 3. The number of carbonyl (C=O) groups excluding carboxylic acids is 8. The Bertz CT molecular complexity index is 2870. The van der Waals surface area contributed by atoms with Crippen LogP contribution in [0.5, 0.6) is 17.2 Å². The number of aliphatic hydroxyl groups excluding tert-OH is 2. The molecule has 9 atom stereocenters. The van der Waals surface area contributed by atoms with Crippen LogP contribution in [0, 0.1) is 5.92 Å². The predicted octanol–water partition coefficient (Wildman–Crippen LogP) is 0.514. The van der Waals surface area contributed by atoms with Gasteiger partial charge in [0.1, 0.15) is 53.7 Å². The Hall–Kier alpha value is -7.31. The van der Waals surface area contributed by atoms with Crippen LogP contribution < -0.4 is 20.7 Å². The number of likely N-dealkylation sites (tertiary alicyclic amines) is 1. The Morgan fingerprint density at radius 3 is 2.27 bits per heavy atom. The highest BCUT2D eigenvalue weighted by Gasteiger charge is 2.51. The van der Waals surface area contributed by atoms with E-state index in [1.807, 2.05) is 13.8 Å². The highest BCUT2D eigenvalue weighted by molar-refractivity contribution is 6.31. The second-order valence-corrected chi connectivity index (χ2v) is 20.5. The number of phenolic OH excluding ortho intramolecular Hbond substituents is 2. The summed E-state index contributed by atoms with van der Waals surface area (Å²) in [6.45, 7) is 5.07. The minimum Gasteiger partial charge on any atom is -0.507 e. The molecule has 2 saturated heterocycles. The molecule has 9 N–H and O–H groups in total. The molecular formula is C54H65N5O18. The van der Waals surface area contributed by atoms with Gasteiger partial charge in [0.15, 0.2) is 17.9 Å². The quantitative estimate of drug-likeness (QED) is 0.0578. The van der Waals surface area contributed by atoms with Crippen LogP contribution in [0.3, 0.4) is 0 Å². The molecule has 3 aromatic carbocycles. The number of hydrogen-bond acceptors (Lipinski definition) is 17. The van der Waals surface area contributed by atoms with Gasteiger partial charge in [-0.1, -0.05) is 50.2 Å². The highest BCUT2D eigenvalue weighted by atomic mass is 16.7. The second-order valence-electron chi connectivity index (χ2n) is 20.5. The van der Waals surface area contributed by atoms with E-state index in [1.54, 1.807) is 24.3 Å². The summed E-state index contributed by atoms with van der Waals surface area (Å²) < 4.78 is 17.6. The highest BCUT2D eigenvalue weighted by Crippen LogP contribution is 2.52. The number of methoxy groups -OCH3 is 1. The summed E-state index contributed by atoms with van der Waals surface area (Å²) in [5.41, 5.74) is -3.38. The standard InChI is InChI=1S/C54H65N5O18/c1-25(2)16-34(58(5)38(62)18-28-10-7-11-29(17-28)19-40(64)65)53(73)56-26(3)51(71)55-23-39(63)59-15-9-13-33(59)52(72)57-32-20-41(76-27(4)46(32)66)77-36-22-54(74,37(61)24-60)21-31-43(36)50(70)45-44(48(31)68)47(67)30-12-8-14-35(75-6)42(30)49(45)69/h7-8,10-12,14,17,25-27,32-34,36,41,46,60,66,68,70,74H,9,13,15-16,18-24H2,1-6H3,(H,55,71)(H,56,73)(H,57,72)(H,64,65)/t26-,27?,32?,33-,34-,36-,41?,46?,54-/m0/s1. The monoisotopic (exact) mass is 1070 g/mol. The molecular weight excluding hydrogens is 1010 g/mol. The molecule has 0 radical (unpaired) electrons. The molecule has 77 heavy (non-hydrogen) atoms. The smallest absolute Gasteiger partial charge is 0.307 e. The average Bonchev–Trinajstić information content (AvgIpc) is 3.97. The largest absolute Gasteiger partial charge is 0.507 e. The molecule has 2 heterocycles. The van der Waals surface area contributed by atoms with E-state index in [9.17, 15) is 73.8 Å². The molecule has 0 aromatic heterocycles. The first kappa shape index (κ1) is 57.4. The molecule has 414 valence electrons. The number of carboxylic acids is 1. The van der Waals surface area contributed by atoms with Gasteiger partial charge >= 0.3 is 5.97 Å². The fourth-order valence-electron chi connectivity index (χ4n) is 10.7. The zero-order chi connectivity index (χ0) is 56.4. The number of aromatic hydroxyl groups is 2. The number of amides is 5. The first-order valence-electron chi connectivity index (χ1n) is 25.3. The van der Waals surface area contributed by atoms with E-state index >= 15 is 0 Å². The molecule has 0 saturated carbocycles. The molecule has 4 unspecified atom stereocenters. The predicted molar refractivity (Wildman–Crippen MR) is 269 cm³/mol. The van der Waals surface area contributed by atoms with E-state index in [2.05, 4.69) is 16.0 Å². The van der Waals surface area contributed by atoms with E-state index in [0.717, 1.165) is 0 Å². The molecule has 2 aliphatic carbocycles. The van der Waals surface area contributed by atoms with Crippen molar-refractivity contribution >= 4 is 52.9 Å². The first-order valence-corrected chi connectivity index (χ1v) is 25.3.